The number of hydrogen-bond donors (Lipinski definition) is 1. The Balaban J connectivity index is 1.72. The SMILES string of the molecule is CC1CCN(c2nncc(Nc3ccc(Br)cc3)n2)CC1. The van der Waals surface area contributed by atoms with Crippen molar-refractivity contribution in [3.63, 3.8) is 0 Å². The third kappa shape index (κ3) is 3.69. The van der Waals surface area contributed by atoms with Gasteiger partial charge >= 0.3 is 0 Å². The lowest BCUT2D eigenvalue weighted by Crippen LogP contribution is -2.34. The lowest BCUT2D eigenvalue weighted by atomic mass is 10.00. The third-order valence-corrected chi connectivity index (χ3v) is 4.26. The maximum atomic E-state index is 4.57. The third-order valence-electron chi connectivity index (χ3n) is 3.73. The van der Waals surface area contributed by atoms with Crippen LogP contribution in [0.5, 0.6) is 0 Å². The van der Waals surface area contributed by atoms with Crippen LogP contribution in [0.25, 0.3) is 0 Å². The van der Waals surface area contributed by atoms with E-state index >= 15 is 0 Å². The first-order valence-electron chi connectivity index (χ1n) is 7.18. The van der Waals surface area contributed by atoms with Gasteiger partial charge in [-0.1, -0.05) is 22.9 Å². The second kappa shape index (κ2) is 6.39. The second-order valence-electron chi connectivity index (χ2n) is 5.44. The number of hydrogen-bond acceptors (Lipinski definition) is 5. The Morgan fingerprint density at radius 2 is 1.90 bits per heavy atom. The van der Waals surface area contributed by atoms with Gasteiger partial charge in [0.15, 0.2) is 5.82 Å². The largest absolute Gasteiger partial charge is 0.339 e. The van der Waals surface area contributed by atoms with E-state index in [9.17, 15) is 0 Å². The number of halogens is 1. The smallest absolute Gasteiger partial charge is 0.247 e. The van der Waals surface area contributed by atoms with E-state index in [-0.39, 0.29) is 0 Å². The number of nitrogens with zero attached hydrogens (tertiary/aromatic N) is 4. The Bertz CT molecular complexity index is 593. The van der Waals surface area contributed by atoms with Crippen LogP contribution in [0.4, 0.5) is 17.5 Å². The van der Waals surface area contributed by atoms with Crippen LogP contribution in [0.1, 0.15) is 19.8 Å². The molecule has 0 bridgehead atoms. The number of benzene rings is 1. The summed E-state index contributed by atoms with van der Waals surface area (Å²) in [5.74, 6) is 2.23. The number of nitrogens with one attached hydrogen (secondary N) is 1. The molecule has 1 aromatic carbocycles. The van der Waals surface area contributed by atoms with E-state index in [4.69, 9.17) is 0 Å². The molecular weight excluding hydrogens is 330 g/mol. The van der Waals surface area contributed by atoms with Crippen LogP contribution in [0, 0.1) is 5.92 Å². The Labute approximate surface area is 132 Å². The molecule has 3 rings (SSSR count). The summed E-state index contributed by atoms with van der Waals surface area (Å²) in [6.07, 6.45) is 4.03. The van der Waals surface area contributed by atoms with Crippen LogP contribution in [0.2, 0.25) is 0 Å². The molecule has 110 valence electrons. The molecule has 1 fully saturated rings. The molecule has 0 aliphatic carbocycles. The van der Waals surface area contributed by atoms with Gasteiger partial charge in [0, 0.05) is 23.2 Å². The van der Waals surface area contributed by atoms with Crippen LogP contribution < -0.4 is 10.2 Å². The van der Waals surface area contributed by atoms with Gasteiger partial charge in [0.1, 0.15) is 0 Å². The molecule has 2 aromatic rings. The molecule has 0 amide bonds. The zero-order valence-corrected chi connectivity index (χ0v) is 13.5. The first-order valence-corrected chi connectivity index (χ1v) is 7.97. The summed E-state index contributed by atoms with van der Waals surface area (Å²) in [5.41, 5.74) is 0.983. The molecule has 6 heteroatoms. The average molecular weight is 348 g/mol. The molecule has 1 saturated heterocycles. The van der Waals surface area contributed by atoms with E-state index in [0.717, 1.165) is 35.0 Å². The highest BCUT2D eigenvalue weighted by atomic mass is 79.9. The summed E-state index contributed by atoms with van der Waals surface area (Å²) in [5, 5.41) is 11.5. The van der Waals surface area contributed by atoms with E-state index in [1.807, 2.05) is 24.3 Å². The summed E-state index contributed by atoms with van der Waals surface area (Å²) in [4.78, 5) is 6.78. The number of anilines is 3. The van der Waals surface area contributed by atoms with Gasteiger partial charge in [-0.2, -0.15) is 10.1 Å². The monoisotopic (exact) mass is 347 g/mol. The average Bonchev–Trinajstić information content (AvgIpc) is 2.51. The van der Waals surface area contributed by atoms with Crippen LogP contribution >= 0.6 is 15.9 Å². The van der Waals surface area contributed by atoms with Crippen molar-refractivity contribution in [1.29, 1.82) is 0 Å². The molecule has 1 aliphatic heterocycles. The van der Waals surface area contributed by atoms with Crippen LogP contribution in [0.3, 0.4) is 0 Å². The van der Waals surface area contributed by atoms with Crippen molar-refractivity contribution in [2.45, 2.75) is 19.8 Å². The first-order chi connectivity index (χ1) is 10.2. The minimum atomic E-state index is 0.712. The van der Waals surface area contributed by atoms with Crippen molar-refractivity contribution < 1.29 is 0 Å². The van der Waals surface area contributed by atoms with E-state index in [0.29, 0.717) is 5.95 Å². The Hall–Kier alpha value is -1.69. The molecule has 0 spiro atoms. The molecule has 1 N–H and O–H groups in total. The van der Waals surface area contributed by atoms with Crippen LogP contribution in [-0.2, 0) is 0 Å². The first kappa shape index (κ1) is 14.3. The molecule has 5 nitrogen and oxygen atoms in total. The van der Waals surface area contributed by atoms with Crippen LogP contribution in [0.15, 0.2) is 34.9 Å². The summed E-state index contributed by atoms with van der Waals surface area (Å²) in [6, 6.07) is 7.97. The van der Waals surface area contributed by atoms with Gasteiger partial charge in [0.05, 0.1) is 6.20 Å². The molecule has 21 heavy (non-hydrogen) atoms. The fourth-order valence-corrected chi connectivity index (χ4v) is 2.64. The fourth-order valence-electron chi connectivity index (χ4n) is 2.38. The van der Waals surface area contributed by atoms with E-state index in [2.05, 4.69) is 48.3 Å². The zero-order chi connectivity index (χ0) is 14.7. The standard InChI is InChI=1S/C15H18BrN5/c1-11-6-8-21(9-7-11)15-19-14(10-17-20-15)18-13-4-2-12(16)3-5-13/h2-5,10-11H,6-9H2,1H3,(H,18,19,20). The Morgan fingerprint density at radius 1 is 1.19 bits per heavy atom. The molecular formula is C15H18BrN5. The van der Waals surface area contributed by atoms with Gasteiger partial charge in [-0.25, -0.2) is 0 Å². The van der Waals surface area contributed by atoms with Gasteiger partial charge in [0.25, 0.3) is 0 Å². The van der Waals surface area contributed by atoms with Gasteiger partial charge in [-0.3, -0.25) is 0 Å². The molecule has 0 atom stereocenters. The summed E-state index contributed by atoms with van der Waals surface area (Å²) in [7, 11) is 0. The molecule has 0 saturated carbocycles. The van der Waals surface area contributed by atoms with E-state index in [1.54, 1.807) is 6.20 Å². The van der Waals surface area contributed by atoms with Gasteiger partial charge in [0.2, 0.25) is 5.95 Å². The topological polar surface area (TPSA) is 53.9 Å². The molecule has 0 radical (unpaired) electrons. The van der Waals surface area contributed by atoms with Gasteiger partial charge in [-0.15, -0.1) is 5.10 Å². The van der Waals surface area contributed by atoms with Crippen molar-refractivity contribution in [2.75, 3.05) is 23.3 Å². The molecule has 1 aromatic heterocycles. The van der Waals surface area contributed by atoms with Crippen molar-refractivity contribution in [3.8, 4) is 0 Å². The summed E-state index contributed by atoms with van der Waals surface area (Å²) in [6.45, 7) is 4.30. The zero-order valence-electron chi connectivity index (χ0n) is 12.0. The predicted octanol–water partition coefficient (Wildman–Crippen LogP) is 3.61. The van der Waals surface area contributed by atoms with Crippen molar-refractivity contribution in [3.05, 3.63) is 34.9 Å². The fraction of sp³-hybridized carbons (Fsp3) is 0.400. The maximum absolute atomic E-state index is 4.57. The second-order valence-corrected chi connectivity index (χ2v) is 6.36. The molecule has 2 heterocycles. The number of piperidine rings is 1. The quantitative estimate of drug-likeness (QED) is 0.918. The molecule has 0 unspecified atom stereocenters. The summed E-state index contributed by atoms with van der Waals surface area (Å²) < 4.78 is 1.05. The van der Waals surface area contributed by atoms with E-state index < -0.39 is 0 Å². The number of aromatic nitrogens is 3. The lowest BCUT2D eigenvalue weighted by Gasteiger charge is -2.29. The lowest BCUT2D eigenvalue weighted by molar-refractivity contribution is 0.433. The molecule has 1 aliphatic rings. The Kier molecular flexibility index (Phi) is 4.34. The van der Waals surface area contributed by atoms with Crippen molar-refractivity contribution in [2.24, 2.45) is 5.92 Å². The van der Waals surface area contributed by atoms with Gasteiger partial charge in [-0.05, 0) is 43.0 Å². The van der Waals surface area contributed by atoms with Crippen molar-refractivity contribution >= 4 is 33.4 Å². The van der Waals surface area contributed by atoms with E-state index in [1.165, 1.54) is 12.8 Å². The normalized spacial score (nSPS) is 16.0. The maximum Gasteiger partial charge on any atom is 0.247 e. The minimum Gasteiger partial charge on any atom is -0.339 e. The van der Waals surface area contributed by atoms with Crippen molar-refractivity contribution in [1.82, 2.24) is 15.2 Å². The highest BCUT2D eigenvalue weighted by molar-refractivity contribution is 9.10. The predicted molar refractivity (Wildman–Crippen MR) is 87.9 cm³/mol. The minimum absolute atomic E-state index is 0.712. The highest BCUT2D eigenvalue weighted by Crippen LogP contribution is 2.22. The van der Waals surface area contributed by atoms with Gasteiger partial charge < -0.3 is 10.2 Å². The highest BCUT2D eigenvalue weighted by Gasteiger charge is 2.18. The summed E-state index contributed by atoms with van der Waals surface area (Å²) >= 11 is 3.43. The van der Waals surface area contributed by atoms with Crippen LogP contribution in [-0.4, -0.2) is 28.3 Å². The Morgan fingerprint density at radius 3 is 2.62 bits per heavy atom. The number of rotatable bonds is 3.